The summed E-state index contributed by atoms with van der Waals surface area (Å²) in [6.07, 6.45) is 0.827. The van der Waals surface area contributed by atoms with Crippen molar-refractivity contribution in [2.75, 3.05) is 12.4 Å². The lowest BCUT2D eigenvalue weighted by Crippen LogP contribution is -2.24. The average molecular weight is 606 g/mol. The third-order valence-electron chi connectivity index (χ3n) is 4.50. The fraction of sp³-hybridized carbons (Fsp3) is 0.550. The molecule has 1 aromatic carbocycles. The number of benzene rings is 1. The van der Waals surface area contributed by atoms with Crippen LogP contribution in [0.3, 0.4) is 0 Å². The van der Waals surface area contributed by atoms with E-state index in [0.29, 0.717) is 28.0 Å². The van der Waals surface area contributed by atoms with Gasteiger partial charge in [0.25, 0.3) is 0 Å². The van der Waals surface area contributed by atoms with Crippen molar-refractivity contribution < 1.29 is 40.7 Å². The topological polar surface area (TPSA) is 133 Å². The zero-order chi connectivity index (χ0) is 26.1. The summed E-state index contributed by atoms with van der Waals surface area (Å²) in [7, 11) is -9.00. The Morgan fingerprint density at radius 2 is 1.88 bits per heavy atom. The highest BCUT2D eigenvalue weighted by molar-refractivity contribution is 9.10. The minimum absolute atomic E-state index is 0.106. The van der Waals surface area contributed by atoms with Gasteiger partial charge in [-0.1, -0.05) is 0 Å². The molecule has 0 bridgehead atoms. The Labute approximate surface area is 209 Å². The normalized spacial score (nSPS) is 14.9. The van der Waals surface area contributed by atoms with Crippen LogP contribution in [0, 0.1) is 0 Å². The molecule has 14 heteroatoms. The number of hydrogen-bond donors (Lipinski definition) is 2. The Morgan fingerprint density at radius 3 is 2.41 bits per heavy atom. The molecule has 1 aromatic heterocycles. The largest absolute Gasteiger partial charge is 0.456 e. The Hall–Kier alpha value is -0.950. The van der Waals surface area contributed by atoms with E-state index in [1.54, 1.807) is 20.8 Å². The maximum Gasteiger partial charge on any atom is 0.402 e. The molecule has 192 valence electrons. The summed E-state index contributed by atoms with van der Waals surface area (Å²) in [5.41, 5.74) is -4.41. The maximum atomic E-state index is 15.0. The van der Waals surface area contributed by atoms with Crippen LogP contribution in [-0.2, 0) is 35.9 Å². The molecule has 2 rings (SSSR count). The number of ether oxygens (including phenoxy) is 1. The quantitative estimate of drug-likeness (QED) is 0.207. The van der Waals surface area contributed by atoms with Gasteiger partial charge in [0, 0.05) is 14.6 Å². The molecule has 2 aromatic rings. The minimum Gasteiger partial charge on any atom is -0.456 e. The van der Waals surface area contributed by atoms with Crippen LogP contribution in [0.15, 0.2) is 16.6 Å². The van der Waals surface area contributed by atoms with Crippen molar-refractivity contribution in [3.63, 3.8) is 0 Å². The fourth-order valence-electron chi connectivity index (χ4n) is 3.08. The van der Waals surface area contributed by atoms with E-state index < -0.39 is 39.7 Å². The lowest BCUT2D eigenvalue weighted by Gasteiger charge is -2.20. The van der Waals surface area contributed by atoms with Crippen LogP contribution in [0.25, 0.3) is 10.1 Å². The molecule has 1 atom stereocenters. The van der Waals surface area contributed by atoms with Gasteiger partial charge in [0.15, 0.2) is 0 Å². The molecular formula is C20H27BrF2NO7PS2. The first kappa shape index (κ1) is 29.3. The average Bonchev–Trinajstić information content (AvgIpc) is 3.00. The van der Waals surface area contributed by atoms with Crippen molar-refractivity contribution in [1.29, 1.82) is 0 Å². The van der Waals surface area contributed by atoms with Gasteiger partial charge in [-0.2, -0.15) is 8.78 Å². The molecular weight excluding hydrogens is 579 g/mol. The van der Waals surface area contributed by atoms with Crippen molar-refractivity contribution in [2.24, 2.45) is 5.14 Å². The number of sulfonamides is 1. The van der Waals surface area contributed by atoms with Crippen LogP contribution in [-0.4, -0.2) is 37.2 Å². The number of esters is 1. The first-order valence-corrected chi connectivity index (χ1v) is 15.1. The molecule has 0 saturated heterocycles. The van der Waals surface area contributed by atoms with Crippen molar-refractivity contribution in [1.82, 2.24) is 0 Å². The lowest BCUT2D eigenvalue weighted by atomic mass is 10.0. The summed E-state index contributed by atoms with van der Waals surface area (Å²) < 4.78 is 74.8. The Balaban J connectivity index is 2.62. The highest BCUT2D eigenvalue weighted by Crippen LogP contribution is 2.66. The van der Waals surface area contributed by atoms with E-state index in [1.165, 1.54) is 19.1 Å². The van der Waals surface area contributed by atoms with Gasteiger partial charge in [-0.15, -0.1) is 11.3 Å². The van der Waals surface area contributed by atoms with Gasteiger partial charge in [0.05, 0.1) is 17.9 Å². The predicted octanol–water partition coefficient (Wildman–Crippen LogP) is 5.50. The van der Waals surface area contributed by atoms with Crippen molar-refractivity contribution in [3.8, 4) is 0 Å². The molecule has 0 radical (unpaired) electrons. The number of nitrogens with two attached hydrogens (primary N) is 1. The van der Waals surface area contributed by atoms with Crippen molar-refractivity contribution >= 4 is 60.9 Å². The van der Waals surface area contributed by atoms with E-state index in [1.807, 2.05) is 0 Å². The standard InChI is InChI=1S/C20H27BrF2NO7PS2/c1-5-30-32(26,27)20(22,23)17-15(21)14-11-13(18(25)31-19(2,3)4)10-12(16(14)33-17)8-6-7-9-34(24,28)29/h10-11H,5-9H2,1-4H3,(H,26,27)(H2,24,28,29). The number of fused-ring (bicyclic) bond motifs is 1. The van der Waals surface area contributed by atoms with Crippen LogP contribution >= 0.6 is 34.9 Å². The molecule has 0 fully saturated rings. The van der Waals surface area contributed by atoms with E-state index in [4.69, 9.17) is 9.88 Å². The van der Waals surface area contributed by atoms with Crippen LogP contribution in [0.2, 0.25) is 0 Å². The number of hydrogen-bond acceptors (Lipinski definition) is 7. The molecule has 0 aliphatic carbocycles. The highest BCUT2D eigenvalue weighted by atomic mass is 79.9. The van der Waals surface area contributed by atoms with E-state index in [-0.39, 0.29) is 40.6 Å². The lowest BCUT2D eigenvalue weighted by molar-refractivity contribution is 0.00695. The molecule has 0 saturated carbocycles. The van der Waals surface area contributed by atoms with E-state index in [2.05, 4.69) is 20.5 Å². The van der Waals surface area contributed by atoms with Crippen LogP contribution in [0.5, 0.6) is 0 Å². The van der Waals surface area contributed by atoms with E-state index >= 15 is 8.78 Å². The molecule has 3 N–H and O–H groups in total. The van der Waals surface area contributed by atoms with E-state index in [0.717, 1.165) is 0 Å². The second kappa shape index (κ2) is 10.6. The molecule has 8 nitrogen and oxygen atoms in total. The Kier molecular flexibility index (Phi) is 9.11. The zero-order valence-electron chi connectivity index (χ0n) is 19.1. The Bertz CT molecular complexity index is 1230. The molecule has 0 aliphatic rings. The number of carbonyl (C=O) groups excluding carboxylic acids is 1. The second-order valence-corrected chi connectivity index (χ2v) is 14.0. The van der Waals surface area contributed by atoms with Crippen molar-refractivity contribution in [3.05, 3.63) is 32.6 Å². The first-order valence-electron chi connectivity index (χ1n) is 10.2. The SMILES string of the molecule is CCOP(=O)(O)C(F)(F)c1sc2c(CCCCS(N)(=O)=O)cc(C(=O)OC(C)(C)C)cc2c1Br. The van der Waals surface area contributed by atoms with Crippen LogP contribution < -0.4 is 5.14 Å². The summed E-state index contributed by atoms with van der Waals surface area (Å²) in [5.74, 6) is -0.921. The summed E-state index contributed by atoms with van der Waals surface area (Å²) in [4.78, 5) is 21.8. The molecule has 1 heterocycles. The van der Waals surface area contributed by atoms with Gasteiger partial charge in [0.2, 0.25) is 10.0 Å². The summed E-state index contributed by atoms with van der Waals surface area (Å²) >= 11 is 3.72. The molecule has 0 amide bonds. The van der Waals surface area contributed by atoms with Gasteiger partial charge in [-0.05, 0) is 80.6 Å². The third-order valence-corrected chi connectivity index (χ3v) is 9.49. The molecule has 0 spiro atoms. The van der Waals surface area contributed by atoms with Crippen LogP contribution in [0.4, 0.5) is 8.78 Å². The third kappa shape index (κ3) is 7.05. The first-order chi connectivity index (χ1) is 15.4. The second-order valence-electron chi connectivity index (χ2n) is 8.56. The summed E-state index contributed by atoms with van der Waals surface area (Å²) in [5, 5.41) is 5.26. The Morgan fingerprint density at radius 1 is 1.26 bits per heavy atom. The van der Waals surface area contributed by atoms with Gasteiger partial charge < -0.3 is 14.2 Å². The van der Waals surface area contributed by atoms with Crippen molar-refractivity contribution in [2.45, 2.75) is 58.2 Å². The molecule has 0 aliphatic heterocycles. The summed E-state index contributed by atoms with van der Waals surface area (Å²) in [6, 6.07) is 2.87. The van der Waals surface area contributed by atoms with Gasteiger partial charge in [-0.3, -0.25) is 4.57 Å². The molecule has 34 heavy (non-hydrogen) atoms. The number of halogens is 3. The van der Waals surface area contributed by atoms with Gasteiger partial charge in [-0.25, -0.2) is 18.4 Å². The monoisotopic (exact) mass is 605 g/mol. The number of alkyl halides is 2. The number of rotatable bonds is 10. The number of carbonyl (C=O) groups is 1. The number of thiophene rings is 1. The van der Waals surface area contributed by atoms with Gasteiger partial charge >= 0.3 is 19.2 Å². The van der Waals surface area contributed by atoms with Gasteiger partial charge in [0.1, 0.15) is 10.5 Å². The maximum absolute atomic E-state index is 15.0. The highest BCUT2D eigenvalue weighted by Gasteiger charge is 2.55. The number of unbranched alkanes of at least 4 members (excludes halogenated alkanes) is 1. The van der Waals surface area contributed by atoms with Crippen LogP contribution in [0.1, 0.15) is 61.3 Å². The minimum atomic E-state index is -5.34. The summed E-state index contributed by atoms with van der Waals surface area (Å²) in [6.45, 7) is 5.99. The smallest absolute Gasteiger partial charge is 0.402 e. The zero-order valence-corrected chi connectivity index (χ0v) is 23.2. The number of primary sulfonamides is 1. The fourth-order valence-corrected chi connectivity index (χ4v) is 7.23. The van der Waals surface area contributed by atoms with E-state index in [9.17, 15) is 22.7 Å². The predicted molar refractivity (Wildman–Crippen MR) is 131 cm³/mol. The number of aryl methyl sites for hydroxylation is 1. The molecule has 1 unspecified atom stereocenters.